The molecule has 5 nitrogen and oxygen atoms in total. The Morgan fingerprint density at radius 2 is 1.70 bits per heavy atom. The van der Waals surface area contributed by atoms with Gasteiger partial charge in [0.2, 0.25) is 0 Å². The molecule has 0 spiro atoms. The van der Waals surface area contributed by atoms with Crippen LogP contribution in [0.2, 0.25) is 0 Å². The Bertz CT molecular complexity index is 617. The molecule has 0 amide bonds. The molecule has 126 valence electrons. The van der Waals surface area contributed by atoms with Crippen LogP contribution in [0.15, 0.2) is 24.3 Å². The molecule has 5 heteroatoms. The second-order valence-corrected chi connectivity index (χ2v) is 6.18. The molecule has 0 N–H and O–H groups in total. The number of benzene rings is 1. The number of fused-ring (bicyclic) bond motifs is 1. The number of piperazine rings is 1. The Balaban J connectivity index is 1.49. The molecule has 3 rings (SSSR count). The number of hydrogen-bond acceptors (Lipinski definition) is 4. The lowest BCUT2D eigenvalue weighted by atomic mass is 10.3. The van der Waals surface area contributed by atoms with Gasteiger partial charge in [-0.2, -0.15) is 0 Å². The number of rotatable bonds is 7. The van der Waals surface area contributed by atoms with Crippen molar-refractivity contribution in [2.24, 2.45) is 0 Å². The van der Waals surface area contributed by atoms with Gasteiger partial charge in [-0.25, -0.2) is 4.98 Å². The molecule has 23 heavy (non-hydrogen) atoms. The fraction of sp³-hybridized carbons (Fsp3) is 0.611. The summed E-state index contributed by atoms with van der Waals surface area (Å²) in [5, 5.41) is 0. The zero-order valence-corrected chi connectivity index (χ0v) is 14.4. The van der Waals surface area contributed by atoms with Gasteiger partial charge >= 0.3 is 0 Å². The van der Waals surface area contributed by atoms with Crippen LogP contribution in [0.25, 0.3) is 11.0 Å². The van der Waals surface area contributed by atoms with E-state index in [1.165, 1.54) is 5.52 Å². The predicted molar refractivity (Wildman–Crippen MR) is 93.8 cm³/mol. The van der Waals surface area contributed by atoms with Crippen LogP contribution in [0.5, 0.6) is 0 Å². The normalized spacial score (nSPS) is 17.1. The van der Waals surface area contributed by atoms with Crippen molar-refractivity contribution in [3.63, 3.8) is 0 Å². The van der Waals surface area contributed by atoms with E-state index in [-0.39, 0.29) is 0 Å². The summed E-state index contributed by atoms with van der Waals surface area (Å²) in [4.78, 5) is 9.72. The second kappa shape index (κ2) is 7.90. The lowest BCUT2D eigenvalue weighted by Gasteiger charge is -2.34. The molecule has 0 atom stereocenters. The van der Waals surface area contributed by atoms with Crippen LogP contribution in [0.4, 0.5) is 0 Å². The van der Waals surface area contributed by atoms with Gasteiger partial charge in [0.1, 0.15) is 5.82 Å². The van der Waals surface area contributed by atoms with E-state index in [0.29, 0.717) is 0 Å². The number of aromatic nitrogens is 2. The molecule has 0 radical (unpaired) electrons. The van der Waals surface area contributed by atoms with Crippen molar-refractivity contribution in [1.29, 1.82) is 0 Å². The molecule has 0 bridgehead atoms. The van der Waals surface area contributed by atoms with Gasteiger partial charge in [-0.1, -0.05) is 12.1 Å². The van der Waals surface area contributed by atoms with Crippen LogP contribution in [-0.4, -0.2) is 71.8 Å². The summed E-state index contributed by atoms with van der Waals surface area (Å²) in [5.74, 6) is 1.11. The van der Waals surface area contributed by atoms with Gasteiger partial charge in [0.25, 0.3) is 0 Å². The molecule has 0 saturated carbocycles. The first kappa shape index (κ1) is 16.4. The predicted octanol–water partition coefficient (Wildman–Crippen LogP) is 2.00. The Hall–Kier alpha value is -1.43. The van der Waals surface area contributed by atoms with E-state index in [1.807, 2.05) is 0 Å². The second-order valence-electron chi connectivity index (χ2n) is 6.18. The molecule has 2 aromatic rings. The quantitative estimate of drug-likeness (QED) is 0.732. The Kier molecular flexibility index (Phi) is 5.65. The average molecular weight is 316 g/mol. The Morgan fingerprint density at radius 1 is 1.00 bits per heavy atom. The summed E-state index contributed by atoms with van der Waals surface area (Å²) in [5.41, 5.74) is 2.35. The molecule has 0 unspecified atom stereocenters. The highest BCUT2D eigenvalue weighted by atomic mass is 16.5. The van der Waals surface area contributed by atoms with E-state index in [1.54, 1.807) is 0 Å². The van der Waals surface area contributed by atoms with Gasteiger partial charge in [-0.05, 0) is 26.0 Å². The van der Waals surface area contributed by atoms with E-state index in [9.17, 15) is 0 Å². The van der Waals surface area contributed by atoms with Crippen LogP contribution in [-0.2, 0) is 11.3 Å². The minimum atomic E-state index is 0.818. The average Bonchev–Trinajstić information content (AvgIpc) is 2.90. The van der Waals surface area contributed by atoms with Gasteiger partial charge < -0.3 is 9.30 Å². The zero-order chi connectivity index (χ0) is 16.1. The topological polar surface area (TPSA) is 33.5 Å². The first-order valence-corrected chi connectivity index (χ1v) is 8.72. The van der Waals surface area contributed by atoms with Gasteiger partial charge in [-0.15, -0.1) is 0 Å². The van der Waals surface area contributed by atoms with Crippen LogP contribution in [0.3, 0.4) is 0 Å². The maximum absolute atomic E-state index is 5.45. The maximum Gasteiger partial charge on any atom is 0.106 e. The van der Waals surface area contributed by atoms with E-state index in [4.69, 9.17) is 4.74 Å². The number of imidazole rings is 1. The van der Waals surface area contributed by atoms with Gasteiger partial charge in [0, 0.05) is 52.4 Å². The van der Waals surface area contributed by atoms with E-state index in [0.717, 1.165) is 70.4 Å². The molecule has 1 aromatic carbocycles. The maximum atomic E-state index is 5.45. The van der Waals surface area contributed by atoms with Crippen molar-refractivity contribution < 1.29 is 4.74 Å². The summed E-state index contributed by atoms with van der Waals surface area (Å²) >= 11 is 0. The third-order valence-electron chi connectivity index (χ3n) is 4.71. The summed E-state index contributed by atoms with van der Waals surface area (Å²) in [6.45, 7) is 13.6. The molecule has 0 aliphatic carbocycles. The first-order chi connectivity index (χ1) is 11.3. The van der Waals surface area contributed by atoms with Crippen molar-refractivity contribution in [2.45, 2.75) is 20.4 Å². The summed E-state index contributed by atoms with van der Waals surface area (Å²) in [7, 11) is 0. The largest absolute Gasteiger partial charge is 0.380 e. The van der Waals surface area contributed by atoms with Crippen molar-refractivity contribution in [3.8, 4) is 0 Å². The zero-order valence-electron chi connectivity index (χ0n) is 14.4. The van der Waals surface area contributed by atoms with Crippen molar-refractivity contribution >= 4 is 11.0 Å². The van der Waals surface area contributed by atoms with Gasteiger partial charge in [-0.3, -0.25) is 9.80 Å². The van der Waals surface area contributed by atoms with Crippen LogP contribution >= 0.6 is 0 Å². The highest BCUT2D eigenvalue weighted by Crippen LogP contribution is 2.15. The summed E-state index contributed by atoms with van der Waals surface area (Å²) < 4.78 is 7.79. The molecule has 1 aliphatic heterocycles. The number of ether oxygens (including phenoxy) is 1. The Labute approximate surface area is 138 Å². The van der Waals surface area contributed by atoms with Gasteiger partial charge in [0.15, 0.2) is 0 Å². The van der Waals surface area contributed by atoms with Crippen molar-refractivity contribution in [1.82, 2.24) is 19.4 Å². The van der Waals surface area contributed by atoms with Crippen LogP contribution in [0, 0.1) is 6.92 Å². The molecule has 1 saturated heterocycles. The molecule has 1 aliphatic rings. The minimum Gasteiger partial charge on any atom is -0.380 e. The highest BCUT2D eigenvalue weighted by molar-refractivity contribution is 5.75. The smallest absolute Gasteiger partial charge is 0.106 e. The number of hydrogen-bond donors (Lipinski definition) is 0. The first-order valence-electron chi connectivity index (χ1n) is 8.72. The van der Waals surface area contributed by atoms with Gasteiger partial charge in [0.05, 0.1) is 17.6 Å². The molecular weight excluding hydrogens is 288 g/mol. The van der Waals surface area contributed by atoms with Crippen LogP contribution in [0.1, 0.15) is 12.7 Å². The van der Waals surface area contributed by atoms with E-state index in [2.05, 4.69) is 57.5 Å². The highest BCUT2D eigenvalue weighted by Gasteiger charge is 2.17. The third-order valence-corrected chi connectivity index (χ3v) is 4.71. The number of aryl methyl sites for hydroxylation is 1. The summed E-state index contributed by atoms with van der Waals surface area (Å²) in [6, 6.07) is 8.41. The fourth-order valence-corrected chi connectivity index (χ4v) is 3.29. The SMILES string of the molecule is CCOCCN1CCN(CCn2c(C)nc3ccccc32)CC1. The van der Waals surface area contributed by atoms with Crippen molar-refractivity contribution in [2.75, 3.05) is 52.5 Å². The monoisotopic (exact) mass is 316 g/mol. The lowest BCUT2D eigenvalue weighted by molar-refractivity contribution is 0.0798. The molecule has 1 aromatic heterocycles. The molecule has 1 fully saturated rings. The lowest BCUT2D eigenvalue weighted by Crippen LogP contribution is -2.48. The standard InChI is InChI=1S/C18H28N4O/c1-3-23-15-14-21-10-8-20(9-11-21)12-13-22-16(2)19-17-6-4-5-7-18(17)22/h4-7H,3,8-15H2,1-2H3. The summed E-state index contributed by atoms with van der Waals surface area (Å²) in [6.07, 6.45) is 0. The molecular formula is C18H28N4O. The minimum absolute atomic E-state index is 0.818. The van der Waals surface area contributed by atoms with Crippen LogP contribution < -0.4 is 0 Å². The number of para-hydroxylation sites is 2. The van der Waals surface area contributed by atoms with Crippen molar-refractivity contribution in [3.05, 3.63) is 30.1 Å². The fourth-order valence-electron chi connectivity index (χ4n) is 3.29. The van der Waals surface area contributed by atoms with E-state index >= 15 is 0 Å². The number of nitrogens with zero attached hydrogens (tertiary/aromatic N) is 4. The molecule has 2 heterocycles. The Morgan fingerprint density at radius 3 is 2.43 bits per heavy atom. The van der Waals surface area contributed by atoms with E-state index < -0.39 is 0 Å². The third kappa shape index (κ3) is 4.10.